The van der Waals surface area contributed by atoms with Crippen LogP contribution in [-0.4, -0.2) is 23.1 Å². The average Bonchev–Trinajstić information content (AvgIpc) is 0. The minimum atomic E-state index is 0. The van der Waals surface area contributed by atoms with Crippen molar-refractivity contribution >= 4 is 23.1 Å². The molecule has 0 aliphatic heterocycles. The van der Waals surface area contributed by atoms with E-state index in [1.54, 1.807) is 0 Å². The normalized spacial score (nSPS) is 0. The summed E-state index contributed by atoms with van der Waals surface area (Å²) in [5.74, 6) is 0. The van der Waals surface area contributed by atoms with Crippen molar-refractivity contribution in [3.63, 3.8) is 0 Å². The second-order valence-electron chi connectivity index (χ2n) is 0. The maximum Gasteiger partial charge on any atom is 0 e. The molecule has 0 nitrogen and oxygen atoms in total. The van der Waals surface area contributed by atoms with Gasteiger partial charge in [0.25, 0.3) is 0 Å². The standard InChI is InChI=1S/Gd.Mg.Nd.Y.Zr. The zero-order valence-electron chi connectivity index (χ0n) is 2.64. The predicted molar refractivity (Wildman–Crippen MR) is 5.75 cm³/mol. The molecule has 0 aromatic carbocycles. The van der Waals surface area contributed by atoms with E-state index >= 15 is 0 Å². The molecule has 0 heterocycles. The minimum absolute atomic E-state index is 0. The molecule has 0 rings (SSSR count). The Balaban J connectivity index is 0. The molecular formula is GdMgNdYZr. The van der Waals surface area contributed by atoms with Crippen LogP contribution in [0.1, 0.15) is 0 Å². The minimum Gasteiger partial charge on any atom is 0 e. The number of hydrogen-bond acceptors (Lipinski definition) is 0. The Kier molecular flexibility index (Phi) is 143. The van der Waals surface area contributed by atoms with E-state index in [-0.39, 0.29) is 163 Å². The van der Waals surface area contributed by atoms with E-state index in [9.17, 15) is 0 Å². The summed E-state index contributed by atoms with van der Waals surface area (Å²) < 4.78 is 0. The van der Waals surface area contributed by atoms with Crippen molar-refractivity contribution in [2.24, 2.45) is 0 Å². The van der Waals surface area contributed by atoms with Crippen LogP contribution in [0.15, 0.2) is 0 Å². The molecule has 5 heavy (non-hydrogen) atoms. The molecule has 0 spiro atoms. The fraction of sp³-hybridized carbons (Fsp3) is 0. The molecule has 0 aliphatic rings. The van der Waals surface area contributed by atoms with E-state index in [1.807, 2.05) is 0 Å². The molecule has 0 unspecified atom stereocenters. The van der Waals surface area contributed by atoms with E-state index in [4.69, 9.17) is 0 Å². The molecule has 0 aromatic heterocycles. The molecule has 0 bridgehead atoms. The SMILES string of the molecule is [Gd].[Mg].[Nd].[Y].[Zr]. The Bertz CT molecular complexity index is 11.6. The third-order valence-electron chi connectivity index (χ3n) is 0. The summed E-state index contributed by atoms with van der Waals surface area (Å²) in [5, 5.41) is 0. The van der Waals surface area contributed by atoms with Gasteiger partial charge in [0.1, 0.15) is 0 Å². The Morgan fingerprint density at radius 1 is 1.00 bits per heavy atom. The topological polar surface area (TPSA) is 0 Å². The molecule has 0 atom stereocenters. The summed E-state index contributed by atoms with van der Waals surface area (Å²) in [6.07, 6.45) is 0. The summed E-state index contributed by atoms with van der Waals surface area (Å²) >= 11 is 0. The molecule has 0 aromatic rings. The van der Waals surface area contributed by atoms with Gasteiger partial charge in [-0.05, 0) is 0 Å². The Morgan fingerprint density at radius 3 is 1.00 bits per heavy atom. The van der Waals surface area contributed by atoms with Gasteiger partial charge in [-0.3, -0.25) is 0 Å². The second-order valence-corrected chi connectivity index (χ2v) is 0. The number of rotatable bonds is 0. The van der Waals surface area contributed by atoms with Crippen LogP contribution in [-0.2, 0) is 58.9 Å². The molecule has 3 radical (unpaired) electrons. The van der Waals surface area contributed by atoms with Crippen molar-refractivity contribution in [3.05, 3.63) is 0 Å². The first-order valence-electron chi connectivity index (χ1n) is 0. The quantitative estimate of drug-likeness (QED) is 0.394. The van der Waals surface area contributed by atoms with Crippen LogP contribution in [0.25, 0.3) is 0 Å². The fourth-order valence-electron chi connectivity index (χ4n) is 0. The summed E-state index contributed by atoms with van der Waals surface area (Å²) in [7, 11) is 0. The van der Waals surface area contributed by atoms with Crippen LogP contribution >= 0.6 is 0 Å². The molecule has 0 fully saturated rings. The Labute approximate surface area is 157 Å². The molecule has 0 aliphatic carbocycles. The van der Waals surface area contributed by atoms with Crippen molar-refractivity contribution in [1.82, 2.24) is 0 Å². The van der Waals surface area contributed by atoms with Crippen molar-refractivity contribution in [2.45, 2.75) is 0 Å². The fourth-order valence-corrected chi connectivity index (χ4v) is 0. The van der Waals surface area contributed by atoms with Gasteiger partial charge in [0.05, 0.1) is 0 Å². The van der Waals surface area contributed by atoms with Gasteiger partial charge < -0.3 is 0 Å². The third kappa shape index (κ3) is 17.7. The monoisotopic (exact) mass is 503 g/mol. The maximum absolute atomic E-state index is 0. The molecule has 5 heteroatoms. The van der Waals surface area contributed by atoms with Crippen molar-refractivity contribution < 1.29 is 140 Å². The van der Waals surface area contributed by atoms with Crippen molar-refractivity contribution in [1.29, 1.82) is 0 Å². The van der Waals surface area contributed by atoms with Gasteiger partial charge in [0.2, 0.25) is 0 Å². The first kappa shape index (κ1) is 31.5. The zero-order valence-corrected chi connectivity index (χ0v) is 14.8. The second kappa shape index (κ2) is 22.7. The van der Waals surface area contributed by atoms with Crippen molar-refractivity contribution in [3.8, 4) is 0 Å². The molecule has 0 saturated carbocycles. The summed E-state index contributed by atoms with van der Waals surface area (Å²) in [6, 6.07) is 0. The van der Waals surface area contributed by atoms with Crippen molar-refractivity contribution in [2.75, 3.05) is 0 Å². The van der Waals surface area contributed by atoms with Gasteiger partial charge in [0, 0.05) is 163 Å². The van der Waals surface area contributed by atoms with Crippen LogP contribution in [0.2, 0.25) is 0 Å². The van der Waals surface area contributed by atoms with Gasteiger partial charge in [-0.1, -0.05) is 0 Å². The largest absolute Gasteiger partial charge is 0 e. The van der Waals surface area contributed by atoms with E-state index in [1.165, 1.54) is 0 Å². The summed E-state index contributed by atoms with van der Waals surface area (Å²) in [4.78, 5) is 0. The molecule has 0 N–H and O–H groups in total. The van der Waals surface area contributed by atoms with Gasteiger partial charge in [-0.25, -0.2) is 0 Å². The van der Waals surface area contributed by atoms with Gasteiger partial charge in [0.15, 0.2) is 0 Å². The molecule has 21 valence electrons. The average molecular weight is 506 g/mol. The first-order valence-corrected chi connectivity index (χ1v) is 0. The van der Waals surface area contributed by atoms with Crippen LogP contribution < -0.4 is 0 Å². The molecule has 0 saturated heterocycles. The Morgan fingerprint density at radius 2 is 1.00 bits per heavy atom. The summed E-state index contributed by atoms with van der Waals surface area (Å²) in [5.41, 5.74) is 0. The van der Waals surface area contributed by atoms with Crippen LogP contribution in [0.4, 0.5) is 0 Å². The predicted octanol–water partition coefficient (Wildman–Crippen LogP) is -0.386. The van der Waals surface area contributed by atoms with Crippen LogP contribution in [0.3, 0.4) is 0 Å². The van der Waals surface area contributed by atoms with Gasteiger partial charge >= 0.3 is 0 Å². The molecular weight excluding hydrogens is 506 g/mol. The van der Waals surface area contributed by atoms with E-state index in [2.05, 4.69) is 0 Å². The van der Waals surface area contributed by atoms with Crippen LogP contribution in [0, 0.1) is 80.8 Å². The molecule has 0 amide bonds. The van der Waals surface area contributed by atoms with E-state index in [0.717, 1.165) is 0 Å². The smallest absolute Gasteiger partial charge is 0 e. The Hall–Kier alpha value is 5.43. The maximum atomic E-state index is 0. The van der Waals surface area contributed by atoms with Crippen LogP contribution in [0.5, 0.6) is 0 Å². The number of hydrogen-bond donors (Lipinski definition) is 0. The third-order valence-corrected chi connectivity index (χ3v) is 0. The van der Waals surface area contributed by atoms with E-state index in [0.29, 0.717) is 0 Å². The van der Waals surface area contributed by atoms with Gasteiger partial charge in [-0.15, -0.1) is 0 Å². The van der Waals surface area contributed by atoms with Gasteiger partial charge in [-0.2, -0.15) is 0 Å². The first-order chi connectivity index (χ1) is 0. The zero-order chi connectivity index (χ0) is 0. The summed E-state index contributed by atoms with van der Waals surface area (Å²) in [6.45, 7) is 0. The van der Waals surface area contributed by atoms with E-state index < -0.39 is 0 Å².